The second-order valence-electron chi connectivity index (χ2n) is 9.58. The Morgan fingerprint density at radius 1 is 0.865 bits per heavy atom. The number of ether oxygens (including phenoxy) is 1. The molecule has 2 unspecified atom stereocenters. The van der Waals surface area contributed by atoms with Gasteiger partial charge in [-0.3, -0.25) is 9.59 Å². The van der Waals surface area contributed by atoms with Gasteiger partial charge >= 0.3 is 0 Å². The molecule has 2 amide bonds. The summed E-state index contributed by atoms with van der Waals surface area (Å²) in [6.07, 6.45) is 1.37. The normalized spacial score (nSPS) is 12.6. The number of carbonyl (C=O) groups excluding carboxylic acids is 2. The van der Waals surface area contributed by atoms with Crippen LogP contribution in [-0.2, 0) is 29.0 Å². The molecule has 0 heterocycles. The first-order valence-electron chi connectivity index (χ1n) is 12.7. The van der Waals surface area contributed by atoms with E-state index in [-0.39, 0.29) is 24.3 Å². The molecule has 196 valence electrons. The molecule has 0 aliphatic carbocycles. The first-order valence-corrected chi connectivity index (χ1v) is 12.7. The van der Waals surface area contributed by atoms with E-state index in [0.717, 1.165) is 22.4 Å². The van der Waals surface area contributed by atoms with Crippen molar-refractivity contribution in [2.45, 2.75) is 51.8 Å². The summed E-state index contributed by atoms with van der Waals surface area (Å²) in [7, 11) is 0. The number of carbonyl (C=O) groups is 2. The van der Waals surface area contributed by atoms with Gasteiger partial charge in [-0.2, -0.15) is 0 Å². The highest BCUT2D eigenvalue weighted by molar-refractivity contribution is 5.98. The van der Waals surface area contributed by atoms with Crippen molar-refractivity contribution in [3.8, 4) is 5.75 Å². The third kappa shape index (κ3) is 9.37. The van der Waals surface area contributed by atoms with E-state index in [0.29, 0.717) is 31.6 Å². The smallest absolute Gasteiger partial charge is 0.247 e. The molecule has 3 aromatic rings. The maximum Gasteiger partial charge on any atom is 0.247 e. The molecule has 0 fully saturated rings. The topological polar surface area (TPSA) is 114 Å². The van der Waals surface area contributed by atoms with Crippen molar-refractivity contribution >= 4 is 17.5 Å². The Bertz CT molecular complexity index is 1120. The number of benzene rings is 3. The Hall–Kier alpha value is -3.68. The highest BCUT2D eigenvalue weighted by Gasteiger charge is 2.25. The van der Waals surface area contributed by atoms with Crippen LogP contribution in [0.2, 0.25) is 0 Å². The molecule has 0 aromatic heterocycles. The summed E-state index contributed by atoms with van der Waals surface area (Å²) in [5.41, 5.74) is 9.62. The lowest BCUT2D eigenvalue weighted by Crippen LogP contribution is -2.51. The average molecular weight is 504 g/mol. The largest absolute Gasteiger partial charge is 0.489 e. The van der Waals surface area contributed by atoms with Gasteiger partial charge in [-0.15, -0.1) is 0 Å². The van der Waals surface area contributed by atoms with Crippen molar-refractivity contribution in [1.82, 2.24) is 5.32 Å². The Morgan fingerprint density at radius 2 is 1.51 bits per heavy atom. The van der Waals surface area contributed by atoms with Crippen LogP contribution in [0.4, 0.5) is 5.69 Å². The van der Waals surface area contributed by atoms with E-state index in [1.165, 1.54) is 0 Å². The molecule has 2 atom stereocenters. The van der Waals surface area contributed by atoms with E-state index in [1.807, 2.05) is 80.6 Å². The first-order chi connectivity index (χ1) is 17.8. The van der Waals surface area contributed by atoms with Crippen LogP contribution >= 0.6 is 0 Å². The summed E-state index contributed by atoms with van der Waals surface area (Å²) in [6, 6.07) is 23.2. The quantitative estimate of drug-likeness (QED) is 0.283. The first kappa shape index (κ1) is 27.9. The van der Waals surface area contributed by atoms with E-state index < -0.39 is 12.1 Å². The van der Waals surface area contributed by atoms with E-state index in [2.05, 4.69) is 10.6 Å². The van der Waals surface area contributed by atoms with Crippen LogP contribution in [0.25, 0.3) is 0 Å². The van der Waals surface area contributed by atoms with Gasteiger partial charge in [0.15, 0.2) is 0 Å². The molecule has 7 heteroatoms. The number of aliphatic hydroxyl groups is 1. The highest BCUT2D eigenvalue weighted by Crippen LogP contribution is 2.17. The van der Waals surface area contributed by atoms with Crippen LogP contribution in [0.15, 0.2) is 78.9 Å². The zero-order chi connectivity index (χ0) is 26.6. The number of anilines is 1. The SMILES string of the molecule is CC(C)CC(N)C(=O)NC(Cc1ccc(OCc2ccccc2)cc1)C(=O)Nc1ccc(CCO)cc1. The van der Waals surface area contributed by atoms with Gasteiger partial charge in [-0.05, 0) is 59.7 Å². The minimum Gasteiger partial charge on any atom is -0.489 e. The Morgan fingerprint density at radius 3 is 2.14 bits per heavy atom. The zero-order valence-electron chi connectivity index (χ0n) is 21.5. The second-order valence-corrected chi connectivity index (χ2v) is 9.58. The van der Waals surface area contributed by atoms with Gasteiger partial charge in [0, 0.05) is 18.7 Å². The third-order valence-electron chi connectivity index (χ3n) is 5.93. The molecular weight excluding hydrogens is 466 g/mol. The van der Waals surface area contributed by atoms with Crippen molar-refractivity contribution < 1.29 is 19.4 Å². The van der Waals surface area contributed by atoms with Crippen LogP contribution < -0.4 is 21.1 Å². The molecule has 0 aliphatic rings. The van der Waals surface area contributed by atoms with Crippen LogP contribution in [0.1, 0.15) is 37.0 Å². The lowest BCUT2D eigenvalue weighted by Gasteiger charge is -2.22. The van der Waals surface area contributed by atoms with Gasteiger partial charge < -0.3 is 26.2 Å². The molecule has 0 spiro atoms. The van der Waals surface area contributed by atoms with Gasteiger partial charge in [0.1, 0.15) is 18.4 Å². The molecule has 0 aliphatic heterocycles. The molecular formula is C30H37N3O4. The van der Waals surface area contributed by atoms with E-state index >= 15 is 0 Å². The van der Waals surface area contributed by atoms with Crippen molar-refractivity contribution in [1.29, 1.82) is 0 Å². The Labute approximate surface area is 219 Å². The summed E-state index contributed by atoms with van der Waals surface area (Å²) in [5.74, 6) is 0.299. The molecule has 3 rings (SSSR count). The molecule has 3 aromatic carbocycles. The van der Waals surface area contributed by atoms with Crippen molar-refractivity contribution in [2.24, 2.45) is 11.7 Å². The van der Waals surface area contributed by atoms with Gasteiger partial charge in [-0.25, -0.2) is 0 Å². The van der Waals surface area contributed by atoms with Crippen molar-refractivity contribution in [3.05, 3.63) is 95.6 Å². The van der Waals surface area contributed by atoms with Crippen molar-refractivity contribution in [3.63, 3.8) is 0 Å². The van der Waals surface area contributed by atoms with Crippen molar-refractivity contribution in [2.75, 3.05) is 11.9 Å². The maximum atomic E-state index is 13.2. The fourth-order valence-electron chi connectivity index (χ4n) is 3.91. The summed E-state index contributed by atoms with van der Waals surface area (Å²) in [4.78, 5) is 26.0. The zero-order valence-corrected chi connectivity index (χ0v) is 21.5. The average Bonchev–Trinajstić information content (AvgIpc) is 2.89. The number of rotatable bonds is 13. The predicted octanol–water partition coefficient (Wildman–Crippen LogP) is 3.84. The number of nitrogens with two attached hydrogens (primary N) is 1. The standard InChI is InChI=1S/C30H37N3O4/c1-21(2)18-27(31)29(35)33-28(30(36)32-25-12-8-22(9-13-25)16-17-34)19-23-10-14-26(15-11-23)37-20-24-6-4-3-5-7-24/h3-15,21,27-28,34H,16-20,31H2,1-2H3,(H,32,36)(H,33,35). The molecule has 0 saturated carbocycles. The van der Waals surface area contributed by atoms with Gasteiger partial charge in [0.2, 0.25) is 11.8 Å². The molecule has 37 heavy (non-hydrogen) atoms. The molecule has 5 N–H and O–H groups in total. The highest BCUT2D eigenvalue weighted by atomic mass is 16.5. The van der Waals surface area contributed by atoms with E-state index in [1.54, 1.807) is 12.1 Å². The minimum atomic E-state index is -0.807. The number of amides is 2. The van der Waals surface area contributed by atoms with Crippen LogP contribution in [0.3, 0.4) is 0 Å². The number of hydrogen-bond donors (Lipinski definition) is 4. The third-order valence-corrected chi connectivity index (χ3v) is 5.93. The summed E-state index contributed by atoms with van der Waals surface area (Å²) in [5, 5.41) is 14.8. The van der Waals surface area contributed by atoms with Crippen LogP contribution in [0, 0.1) is 5.92 Å². The Kier molecular flexibility index (Phi) is 10.7. The monoisotopic (exact) mass is 503 g/mol. The molecule has 7 nitrogen and oxygen atoms in total. The minimum absolute atomic E-state index is 0.0620. The lowest BCUT2D eigenvalue weighted by molar-refractivity contribution is -0.127. The predicted molar refractivity (Wildman–Crippen MR) is 146 cm³/mol. The summed E-state index contributed by atoms with van der Waals surface area (Å²) < 4.78 is 5.86. The van der Waals surface area contributed by atoms with Crippen LogP contribution in [-0.4, -0.2) is 35.6 Å². The van der Waals surface area contributed by atoms with Crippen LogP contribution in [0.5, 0.6) is 5.75 Å². The molecule has 0 radical (unpaired) electrons. The summed E-state index contributed by atoms with van der Waals surface area (Å²) in [6.45, 7) is 4.52. The number of aliphatic hydroxyl groups excluding tert-OH is 1. The number of hydrogen-bond acceptors (Lipinski definition) is 5. The second kappa shape index (κ2) is 14.2. The number of nitrogens with one attached hydrogen (secondary N) is 2. The Balaban J connectivity index is 1.68. The van der Waals surface area contributed by atoms with Gasteiger partial charge in [0.25, 0.3) is 0 Å². The fraction of sp³-hybridized carbons (Fsp3) is 0.333. The van der Waals surface area contributed by atoms with Gasteiger partial charge in [0.05, 0.1) is 6.04 Å². The molecule has 0 saturated heterocycles. The summed E-state index contributed by atoms with van der Waals surface area (Å²) >= 11 is 0. The lowest BCUT2D eigenvalue weighted by atomic mass is 10.0. The van der Waals surface area contributed by atoms with Gasteiger partial charge in [-0.1, -0.05) is 68.4 Å². The maximum absolute atomic E-state index is 13.2. The fourth-order valence-corrected chi connectivity index (χ4v) is 3.91. The van der Waals surface area contributed by atoms with E-state index in [9.17, 15) is 9.59 Å². The van der Waals surface area contributed by atoms with E-state index in [4.69, 9.17) is 15.6 Å². The molecule has 0 bridgehead atoms.